The Morgan fingerprint density at radius 2 is 2.13 bits per heavy atom. The van der Waals surface area contributed by atoms with Gasteiger partial charge in [0.15, 0.2) is 0 Å². The molecule has 2 fully saturated rings. The molecule has 119 valence electrons. The van der Waals surface area contributed by atoms with Crippen LogP contribution in [0.15, 0.2) is 17.3 Å². The van der Waals surface area contributed by atoms with Crippen LogP contribution in [0.2, 0.25) is 0 Å². The predicted octanol–water partition coefficient (Wildman–Crippen LogP) is 1.14. The molecule has 4 rings (SSSR count). The minimum absolute atomic E-state index is 0.0900. The Kier molecular flexibility index (Phi) is 3.34. The second-order valence-corrected chi connectivity index (χ2v) is 7.58. The SMILES string of the molecule is CC(C)(O)C1CC(NC(=O)c2cnc3c(c2)[B]C(C2CC2)=N3)C1. The first kappa shape index (κ1) is 14.9. The van der Waals surface area contributed by atoms with Crippen LogP contribution in [-0.4, -0.2) is 40.5 Å². The van der Waals surface area contributed by atoms with Crippen molar-refractivity contribution in [2.24, 2.45) is 16.8 Å². The fourth-order valence-corrected chi connectivity index (χ4v) is 3.28. The molecule has 2 aliphatic carbocycles. The van der Waals surface area contributed by atoms with Gasteiger partial charge in [0.05, 0.1) is 11.2 Å². The predicted molar refractivity (Wildman–Crippen MR) is 89.7 cm³/mol. The van der Waals surface area contributed by atoms with Crippen molar-refractivity contribution in [2.75, 3.05) is 0 Å². The summed E-state index contributed by atoms with van der Waals surface area (Å²) in [6.45, 7) is 3.65. The summed E-state index contributed by atoms with van der Waals surface area (Å²) in [4.78, 5) is 21.2. The normalized spacial score (nSPS) is 26.0. The molecule has 0 atom stereocenters. The largest absolute Gasteiger partial charge is 0.390 e. The molecule has 5 nitrogen and oxygen atoms in total. The van der Waals surface area contributed by atoms with Crippen molar-refractivity contribution in [3.8, 4) is 0 Å². The molecule has 1 aliphatic heterocycles. The number of carbonyl (C=O) groups is 1. The van der Waals surface area contributed by atoms with Crippen molar-refractivity contribution in [2.45, 2.75) is 51.2 Å². The summed E-state index contributed by atoms with van der Waals surface area (Å²) in [6.07, 6.45) is 5.68. The Labute approximate surface area is 136 Å². The van der Waals surface area contributed by atoms with E-state index < -0.39 is 5.60 Å². The van der Waals surface area contributed by atoms with Gasteiger partial charge in [-0.25, -0.2) is 9.98 Å². The molecule has 1 aromatic heterocycles. The van der Waals surface area contributed by atoms with Crippen LogP contribution in [0.4, 0.5) is 5.82 Å². The maximum atomic E-state index is 12.4. The summed E-state index contributed by atoms with van der Waals surface area (Å²) in [5, 5.41) is 13.0. The molecule has 6 heteroatoms. The molecule has 0 aromatic carbocycles. The zero-order valence-corrected chi connectivity index (χ0v) is 13.5. The highest BCUT2D eigenvalue weighted by Gasteiger charge is 2.39. The lowest BCUT2D eigenvalue weighted by Crippen LogP contribution is -2.51. The van der Waals surface area contributed by atoms with E-state index in [0.717, 1.165) is 29.7 Å². The molecule has 1 amide bonds. The highest BCUT2D eigenvalue weighted by atomic mass is 16.3. The van der Waals surface area contributed by atoms with Gasteiger partial charge in [-0.05, 0) is 68.5 Å². The molecular weight excluding hydrogens is 289 g/mol. The summed E-state index contributed by atoms with van der Waals surface area (Å²) in [6, 6.07) is 2.03. The van der Waals surface area contributed by atoms with Gasteiger partial charge in [0, 0.05) is 12.2 Å². The third-order valence-electron chi connectivity index (χ3n) is 5.16. The molecule has 0 bridgehead atoms. The van der Waals surface area contributed by atoms with E-state index in [0.29, 0.717) is 11.5 Å². The maximum absolute atomic E-state index is 12.4. The fraction of sp³-hybridized carbons (Fsp3) is 0.588. The molecular formula is C17H21BN3O2. The standard InChI is InChI=1S/C17H21BN3O2/c1-17(2,23)11-6-12(7-11)20-16(22)10-5-13-15(19-8-10)21-14(18-13)9-3-4-9/h5,8-9,11-12,23H,3-4,6-7H2,1-2H3,(H,20,22). The summed E-state index contributed by atoms with van der Waals surface area (Å²) in [5.41, 5.74) is 1.97. The molecule has 2 heterocycles. The number of amides is 1. The number of carbonyl (C=O) groups excluding carboxylic acids is 1. The highest BCUT2D eigenvalue weighted by molar-refractivity contribution is 6.88. The minimum atomic E-state index is -0.665. The Bertz CT molecular complexity index is 686. The van der Waals surface area contributed by atoms with E-state index >= 15 is 0 Å². The maximum Gasteiger partial charge on any atom is 0.253 e. The minimum Gasteiger partial charge on any atom is -0.390 e. The number of hydrogen-bond acceptors (Lipinski definition) is 4. The molecule has 0 saturated heterocycles. The Balaban J connectivity index is 1.37. The quantitative estimate of drug-likeness (QED) is 0.819. The van der Waals surface area contributed by atoms with Crippen molar-refractivity contribution in [3.63, 3.8) is 0 Å². The summed E-state index contributed by atoms with van der Waals surface area (Å²) >= 11 is 0. The van der Waals surface area contributed by atoms with Crippen molar-refractivity contribution in [3.05, 3.63) is 17.8 Å². The average molecular weight is 310 g/mol. The fourth-order valence-electron chi connectivity index (χ4n) is 3.28. The number of aliphatic imine (C=N–C) groups is 1. The van der Waals surface area contributed by atoms with Gasteiger partial charge in [-0.1, -0.05) is 0 Å². The first-order valence-electron chi connectivity index (χ1n) is 8.37. The lowest BCUT2D eigenvalue weighted by molar-refractivity contribution is -0.0309. The zero-order chi connectivity index (χ0) is 16.2. The van der Waals surface area contributed by atoms with Gasteiger partial charge in [0.25, 0.3) is 5.91 Å². The number of pyridine rings is 1. The van der Waals surface area contributed by atoms with E-state index in [9.17, 15) is 9.90 Å². The van der Waals surface area contributed by atoms with Crippen LogP contribution in [0, 0.1) is 11.8 Å². The third kappa shape index (κ3) is 2.92. The molecule has 2 N–H and O–H groups in total. The van der Waals surface area contributed by atoms with Crippen LogP contribution in [0.1, 0.15) is 49.9 Å². The number of aromatic nitrogens is 1. The van der Waals surface area contributed by atoms with Crippen LogP contribution >= 0.6 is 0 Å². The first-order valence-corrected chi connectivity index (χ1v) is 8.37. The van der Waals surface area contributed by atoms with Crippen molar-refractivity contribution in [1.82, 2.24) is 10.3 Å². The van der Waals surface area contributed by atoms with Gasteiger partial charge >= 0.3 is 0 Å². The summed E-state index contributed by atoms with van der Waals surface area (Å²) < 4.78 is 0. The number of rotatable bonds is 4. The van der Waals surface area contributed by atoms with E-state index in [1.807, 2.05) is 19.9 Å². The highest BCUT2D eigenvalue weighted by Crippen LogP contribution is 2.36. The number of aliphatic hydroxyl groups is 1. The van der Waals surface area contributed by atoms with Crippen LogP contribution in [0.5, 0.6) is 0 Å². The zero-order valence-electron chi connectivity index (χ0n) is 13.5. The van der Waals surface area contributed by atoms with E-state index in [4.69, 9.17) is 0 Å². The molecule has 1 aromatic rings. The van der Waals surface area contributed by atoms with E-state index in [-0.39, 0.29) is 17.9 Å². The summed E-state index contributed by atoms with van der Waals surface area (Å²) in [5.74, 6) is 1.49. The van der Waals surface area contributed by atoms with E-state index in [1.54, 1.807) is 6.20 Å². The van der Waals surface area contributed by atoms with Crippen molar-refractivity contribution >= 4 is 30.1 Å². The Morgan fingerprint density at radius 1 is 1.39 bits per heavy atom. The van der Waals surface area contributed by atoms with Crippen molar-refractivity contribution in [1.29, 1.82) is 0 Å². The van der Waals surface area contributed by atoms with E-state index in [2.05, 4.69) is 22.6 Å². The molecule has 2 saturated carbocycles. The number of nitrogens with one attached hydrogen (secondary N) is 1. The van der Waals surface area contributed by atoms with Gasteiger partial charge in [0.2, 0.25) is 7.28 Å². The van der Waals surface area contributed by atoms with Gasteiger partial charge in [-0.3, -0.25) is 4.79 Å². The molecule has 3 aliphatic rings. The van der Waals surface area contributed by atoms with Crippen LogP contribution in [0.25, 0.3) is 0 Å². The third-order valence-corrected chi connectivity index (χ3v) is 5.16. The molecule has 0 unspecified atom stereocenters. The Morgan fingerprint density at radius 3 is 2.78 bits per heavy atom. The Hall–Kier alpha value is -1.69. The lowest BCUT2D eigenvalue weighted by atomic mass is 9.66. The van der Waals surface area contributed by atoms with Crippen LogP contribution in [-0.2, 0) is 0 Å². The lowest BCUT2D eigenvalue weighted by Gasteiger charge is -2.42. The smallest absolute Gasteiger partial charge is 0.253 e. The second-order valence-electron chi connectivity index (χ2n) is 7.58. The monoisotopic (exact) mass is 310 g/mol. The van der Waals surface area contributed by atoms with Crippen LogP contribution < -0.4 is 10.8 Å². The number of hydrogen-bond donors (Lipinski definition) is 2. The molecule has 0 spiro atoms. The van der Waals surface area contributed by atoms with E-state index in [1.165, 1.54) is 12.8 Å². The van der Waals surface area contributed by atoms with Crippen molar-refractivity contribution < 1.29 is 9.90 Å². The topological polar surface area (TPSA) is 74.6 Å². The molecule has 1 radical (unpaired) electrons. The molecule has 23 heavy (non-hydrogen) atoms. The second kappa shape index (κ2) is 5.16. The van der Waals surface area contributed by atoms with Crippen LogP contribution in [0.3, 0.4) is 0 Å². The first-order chi connectivity index (χ1) is 10.9. The van der Waals surface area contributed by atoms with Gasteiger partial charge in [-0.2, -0.15) is 0 Å². The van der Waals surface area contributed by atoms with Gasteiger partial charge in [-0.15, -0.1) is 0 Å². The summed E-state index contributed by atoms with van der Waals surface area (Å²) in [7, 11) is 2.06. The average Bonchev–Trinajstić information content (AvgIpc) is 3.19. The number of nitrogens with zero attached hydrogens (tertiary/aromatic N) is 2. The van der Waals surface area contributed by atoms with Gasteiger partial charge < -0.3 is 10.4 Å². The van der Waals surface area contributed by atoms with Gasteiger partial charge in [0.1, 0.15) is 5.82 Å². The number of fused-ring (bicyclic) bond motifs is 1.